The second kappa shape index (κ2) is 12.3. The second-order valence-corrected chi connectivity index (χ2v) is 10.3. The Morgan fingerprint density at radius 3 is 2.50 bits per heavy atom. The van der Waals surface area contributed by atoms with Crippen LogP contribution in [0.15, 0.2) is 24.4 Å². The van der Waals surface area contributed by atoms with E-state index in [9.17, 15) is 22.0 Å². The molecule has 0 saturated heterocycles. The summed E-state index contributed by atoms with van der Waals surface area (Å²) in [6.07, 6.45) is 2.40. The van der Waals surface area contributed by atoms with Gasteiger partial charge in [-0.25, -0.2) is 26.5 Å². The summed E-state index contributed by atoms with van der Waals surface area (Å²) in [5.74, 6) is -1.88. The van der Waals surface area contributed by atoms with Crippen LogP contribution in [-0.4, -0.2) is 56.1 Å². The summed E-state index contributed by atoms with van der Waals surface area (Å²) < 4.78 is 64.2. The van der Waals surface area contributed by atoms with Crippen molar-refractivity contribution in [2.75, 3.05) is 32.5 Å². The van der Waals surface area contributed by atoms with E-state index in [4.69, 9.17) is 21.1 Å². The maximum Gasteiger partial charge on any atom is 0.254 e. The first kappa shape index (κ1) is 27.7. The van der Waals surface area contributed by atoms with Crippen LogP contribution in [0.2, 0.25) is 5.02 Å². The van der Waals surface area contributed by atoms with Crippen molar-refractivity contribution < 1.29 is 31.5 Å². The minimum absolute atomic E-state index is 0.00892. The fourth-order valence-electron chi connectivity index (χ4n) is 2.82. The van der Waals surface area contributed by atoms with Gasteiger partial charge in [0.2, 0.25) is 15.9 Å². The lowest BCUT2D eigenvalue weighted by Crippen LogP contribution is -2.38. The first-order chi connectivity index (χ1) is 15.9. The van der Waals surface area contributed by atoms with Crippen LogP contribution in [0.4, 0.5) is 8.78 Å². The number of ether oxygens (including phenoxy) is 2. The lowest BCUT2D eigenvalue weighted by atomic mass is 10.1. The van der Waals surface area contributed by atoms with Gasteiger partial charge in [-0.2, -0.15) is 0 Å². The Hall–Kier alpha value is -2.50. The van der Waals surface area contributed by atoms with Gasteiger partial charge in [-0.3, -0.25) is 4.79 Å². The molecule has 2 aromatic rings. The van der Waals surface area contributed by atoms with Crippen molar-refractivity contribution in [3.63, 3.8) is 0 Å². The molecule has 12 heteroatoms. The van der Waals surface area contributed by atoms with Crippen molar-refractivity contribution in [2.24, 2.45) is 5.92 Å². The number of pyridine rings is 1. The van der Waals surface area contributed by atoms with Crippen molar-refractivity contribution in [1.29, 1.82) is 0 Å². The summed E-state index contributed by atoms with van der Waals surface area (Å²) >= 11 is 6.12. The fourth-order valence-corrected chi connectivity index (χ4v) is 3.92. The van der Waals surface area contributed by atoms with Crippen LogP contribution in [-0.2, 0) is 16.6 Å². The molecule has 0 spiro atoms. The predicted octanol–water partition coefficient (Wildman–Crippen LogP) is 3.64. The van der Waals surface area contributed by atoms with Crippen LogP contribution >= 0.6 is 11.6 Å². The molecule has 1 amide bonds. The van der Waals surface area contributed by atoms with Gasteiger partial charge >= 0.3 is 0 Å². The van der Waals surface area contributed by atoms with E-state index in [0.717, 1.165) is 22.7 Å². The lowest BCUT2D eigenvalue weighted by Gasteiger charge is -2.18. The summed E-state index contributed by atoms with van der Waals surface area (Å²) in [5, 5.41) is 2.61. The molecule has 0 bridgehead atoms. The van der Waals surface area contributed by atoms with Crippen molar-refractivity contribution in [2.45, 2.75) is 27.4 Å². The van der Waals surface area contributed by atoms with Gasteiger partial charge in [0, 0.05) is 31.3 Å². The molecule has 0 aliphatic heterocycles. The number of rotatable bonds is 12. The Bertz CT molecular complexity index is 1120. The summed E-state index contributed by atoms with van der Waals surface area (Å²) in [5.41, 5.74) is -0.612. The van der Waals surface area contributed by atoms with Crippen LogP contribution in [0.1, 0.15) is 36.7 Å². The number of hydrogen-bond donors (Lipinski definition) is 1. The fraction of sp³-hybridized carbons (Fsp3) is 0.455. The zero-order valence-electron chi connectivity index (χ0n) is 19.4. The Morgan fingerprint density at radius 1 is 1.21 bits per heavy atom. The number of amides is 1. The topological polar surface area (TPSA) is 97.8 Å². The number of likely N-dealkylation sites (N-methyl/N-ethyl adjacent to an activating group) is 1. The Balaban J connectivity index is 2.00. The normalized spacial score (nSPS) is 11.7. The van der Waals surface area contributed by atoms with Crippen LogP contribution in [0.5, 0.6) is 11.6 Å². The summed E-state index contributed by atoms with van der Waals surface area (Å²) in [7, 11) is -3.42. The third-order valence-electron chi connectivity index (χ3n) is 4.58. The molecular weight excluding hydrogens is 492 g/mol. The van der Waals surface area contributed by atoms with Gasteiger partial charge in [0.1, 0.15) is 29.0 Å². The molecule has 8 nitrogen and oxygen atoms in total. The average molecular weight is 520 g/mol. The highest BCUT2D eigenvalue weighted by molar-refractivity contribution is 7.88. The van der Waals surface area contributed by atoms with Gasteiger partial charge in [0.05, 0.1) is 24.6 Å². The number of halogens is 3. The molecule has 34 heavy (non-hydrogen) atoms. The van der Waals surface area contributed by atoms with Crippen molar-refractivity contribution >= 4 is 27.5 Å². The molecule has 188 valence electrons. The molecule has 1 aromatic heterocycles. The number of nitrogens with zero attached hydrogens (tertiary/aromatic N) is 2. The third kappa shape index (κ3) is 8.07. The molecule has 0 saturated carbocycles. The number of carbonyl (C=O) groups is 1. The molecule has 1 N–H and O–H groups in total. The largest absolute Gasteiger partial charge is 0.487 e. The van der Waals surface area contributed by atoms with E-state index >= 15 is 0 Å². The SMILES string of the molecule is CCN(CCNC(=O)c1cc(F)c(COc2cnc(OCC(C)C)c(Cl)c2)cc1F)S(C)(=O)=O. The zero-order valence-corrected chi connectivity index (χ0v) is 21.0. The van der Waals surface area contributed by atoms with Gasteiger partial charge in [-0.05, 0) is 18.1 Å². The molecule has 1 aromatic carbocycles. The molecule has 0 unspecified atom stereocenters. The minimum Gasteiger partial charge on any atom is -0.487 e. The first-order valence-corrected chi connectivity index (χ1v) is 12.8. The molecule has 0 aliphatic rings. The lowest BCUT2D eigenvalue weighted by molar-refractivity contribution is 0.0947. The van der Waals surface area contributed by atoms with E-state index in [2.05, 4.69) is 10.3 Å². The van der Waals surface area contributed by atoms with Crippen LogP contribution < -0.4 is 14.8 Å². The minimum atomic E-state index is -3.42. The van der Waals surface area contributed by atoms with Crippen molar-refractivity contribution in [3.05, 3.63) is 52.2 Å². The first-order valence-electron chi connectivity index (χ1n) is 10.5. The average Bonchev–Trinajstić information content (AvgIpc) is 2.75. The number of carbonyl (C=O) groups excluding carboxylic acids is 1. The number of aromatic nitrogens is 1. The van der Waals surface area contributed by atoms with Crippen LogP contribution in [0.25, 0.3) is 0 Å². The zero-order chi connectivity index (χ0) is 25.5. The Morgan fingerprint density at radius 2 is 1.91 bits per heavy atom. The highest BCUT2D eigenvalue weighted by Crippen LogP contribution is 2.27. The monoisotopic (exact) mass is 519 g/mol. The molecule has 0 radical (unpaired) electrons. The van der Waals surface area contributed by atoms with Crippen molar-refractivity contribution in [1.82, 2.24) is 14.6 Å². The molecule has 1 heterocycles. The van der Waals surface area contributed by atoms with E-state index in [-0.39, 0.29) is 54.4 Å². The predicted molar refractivity (Wildman–Crippen MR) is 125 cm³/mol. The standard InChI is InChI=1S/C22H28ClF2N3O5S/c1-5-28(34(4,30)31)7-6-26-21(29)17-10-19(24)15(8-20(17)25)13-32-16-9-18(23)22(27-11-16)33-12-14(2)3/h8-11,14H,5-7,12-13H2,1-4H3,(H,26,29). The van der Waals surface area contributed by atoms with Gasteiger partial charge < -0.3 is 14.8 Å². The highest BCUT2D eigenvalue weighted by atomic mass is 35.5. The van der Waals surface area contributed by atoms with E-state index in [0.29, 0.717) is 6.61 Å². The number of benzene rings is 1. The highest BCUT2D eigenvalue weighted by Gasteiger charge is 2.18. The van der Waals surface area contributed by atoms with Gasteiger partial charge in [0.25, 0.3) is 5.91 Å². The summed E-state index contributed by atoms with van der Waals surface area (Å²) in [6.45, 7) is 5.89. The molecule has 0 atom stereocenters. The Labute approximate surface area is 203 Å². The third-order valence-corrected chi connectivity index (χ3v) is 6.23. The molecule has 0 aliphatic carbocycles. The quantitative estimate of drug-likeness (QED) is 0.460. The number of sulfonamides is 1. The molecule has 0 fully saturated rings. The summed E-state index contributed by atoms with van der Waals surface area (Å²) in [4.78, 5) is 16.3. The van der Waals surface area contributed by atoms with E-state index < -0.39 is 33.1 Å². The number of hydrogen-bond acceptors (Lipinski definition) is 6. The maximum atomic E-state index is 14.5. The summed E-state index contributed by atoms with van der Waals surface area (Å²) in [6, 6.07) is 3.09. The Kier molecular flexibility index (Phi) is 10.0. The second-order valence-electron chi connectivity index (χ2n) is 7.89. The smallest absolute Gasteiger partial charge is 0.254 e. The maximum absolute atomic E-state index is 14.5. The van der Waals surface area contributed by atoms with Gasteiger partial charge in [-0.1, -0.05) is 32.4 Å². The van der Waals surface area contributed by atoms with Gasteiger partial charge in [-0.15, -0.1) is 0 Å². The molecule has 2 rings (SSSR count). The van der Waals surface area contributed by atoms with E-state index in [1.807, 2.05) is 13.8 Å². The molecular formula is C22H28ClF2N3O5S. The van der Waals surface area contributed by atoms with E-state index in [1.165, 1.54) is 12.3 Å². The van der Waals surface area contributed by atoms with Crippen molar-refractivity contribution in [3.8, 4) is 11.6 Å². The van der Waals surface area contributed by atoms with E-state index in [1.54, 1.807) is 6.92 Å². The van der Waals surface area contributed by atoms with Gasteiger partial charge in [0.15, 0.2) is 0 Å². The van der Waals surface area contributed by atoms with Crippen LogP contribution in [0.3, 0.4) is 0 Å². The number of nitrogens with one attached hydrogen (secondary N) is 1. The van der Waals surface area contributed by atoms with Crippen LogP contribution in [0, 0.1) is 17.6 Å².